The summed E-state index contributed by atoms with van der Waals surface area (Å²) in [7, 11) is 0. The molecule has 1 heterocycles. The van der Waals surface area contributed by atoms with Crippen LogP contribution in [0.5, 0.6) is 0 Å². The minimum absolute atomic E-state index is 1.16. The Labute approximate surface area is 145 Å². The zero-order valence-electron chi connectivity index (χ0n) is 13.7. The average Bonchev–Trinajstić information content (AvgIpc) is 3.00. The van der Waals surface area contributed by atoms with Crippen molar-refractivity contribution in [1.82, 2.24) is 0 Å². The Balaban J connectivity index is 1.88. The standard InChI is InChI=1S/C23H18S/c1-2-5-15-8-10-17-16(14-15)9-11-20-18(17)12-13-21-19-6-3-4-7-22(19)24-23(20)21/h3-4,6-14H,2,5H2,1H3. The highest BCUT2D eigenvalue weighted by Crippen LogP contribution is 2.40. The second-order valence-electron chi connectivity index (χ2n) is 6.51. The Morgan fingerprint density at radius 3 is 2.38 bits per heavy atom. The van der Waals surface area contributed by atoms with E-state index in [9.17, 15) is 0 Å². The molecule has 0 aliphatic rings. The van der Waals surface area contributed by atoms with E-state index in [1.807, 2.05) is 11.3 Å². The van der Waals surface area contributed by atoms with Crippen LogP contribution in [0.2, 0.25) is 0 Å². The molecule has 1 heteroatoms. The van der Waals surface area contributed by atoms with Crippen LogP contribution in [0.25, 0.3) is 41.7 Å². The summed E-state index contributed by atoms with van der Waals surface area (Å²) in [5.74, 6) is 0. The molecule has 0 aliphatic carbocycles. The van der Waals surface area contributed by atoms with E-state index in [-0.39, 0.29) is 0 Å². The van der Waals surface area contributed by atoms with E-state index in [1.54, 1.807) is 0 Å². The molecule has 0 unspecified atom stereocenters. The molecule has 5 rings (SSSR count). The van der Waals surface area contributed by atoms with E-state index in [4.69, 9.17) is 0 Å². The van der Waals surface area contributed by atoms with E-state index in [1.165, 1.54) is 53.7 Å². The van der Waals surface area contributed by atoms with E-state index in [0.29, 0.717) is 0 Å². The number of thiophene rings is 1. The third-order valence-electron chi connectivity index (χ3n) is 4.96. The van der Waals surface area contributed by atoms with Crippen molar-refractivity contribution in [3.05, 3.63) is 72.3 Å². The fourth-order valence-electron chi connectivity index (χ4n) is 3.82. The first kappa shape index (κ1) is 14.0. The summed E-state index contributed by atoms with van der Waals surface area (Å²) in [5.41, 5.74) is 1.44. The average molecular weight is 326 g/mol. The summed E-state index contributed by atoms with van der Waals surface area (Å²) >= 11 is 1.91. The fourth-order valence-corrected chi connectivity index (χ4v) is 5.05. The lowest BCUT2D eigenvalue weighted by molar-refractivity contribution is 0.924. The third-order valence-corrected chi connectivity index (χ3v) is 6.18. The lowest BCUT2D eigenvalue weighted by Crippen LogP contribution is -1.84. The molecule has 0 amide bonds. The highest BCUT2D eigenvalue weighted by Gasteiger charge is 2.10. The van der Waals surface area contributed by atoms with E-state index >= 15 is 0 Å². The van der Waals surface area contributed by atoms with Crippen molar-refractivity contribution >= 4 is 53.1 Å². The fraction of sp³-hybridized carbons (Fsp3) is 0.130. The van der Waals surface area contributed by atoms with E-state index in [0.717, 1.165) is 6.42 Å². The van der Waals surface area contributed by atoms with Gasteiger partial charge in [0.1, 0.15) is 0 Å². The van der Waals surface area contributed by atoms with Gasteiger partial charge in [0, 0.05) is 25.6 Å². The lowest BCUT2D eigenvalue weighted by Gasteiger charge is -2.07. The predicted octanol–water partition coefficient (Wildman–Crippen LogP) is 7.31. The SMILES string of the molecule is CCCc1ccc2c(ccc3c2ccc2c4ccccc4sc23)c1. The number of benzene rings is 4. The van der Waals surface area contributed by atoms with Crippen LogP contribution in [0.3, 0.4) is 0 Å². The summed E-state index contributed by atoms with van der Waals surface area (Å²) in [6.45, 7) is 2.24. The number of rotatable bonds is 2. The smallest absolute Gasteiger partial charge is 0.0434 e. The van der Waals surface area contributed by atoms with Gasteiger partial charge in [0.2, 0.25) is 0 Å². The van der Waals surface area contributed by atoms with Crippen molar-refractivity contribution in [2.24, 2.45) is 0 Å². The quantitative estimate of drug-likeness (QED) is 0.298. The second kappa shape index (κ2) is 5.32. The van der Waals surface area contributed by atoms with Gasteiger partial charge in [0.25, 0.3) is 0 Å². The van der Waals surface area contributed by atoms with Crippen LogP contribution in [-0.4, -0.2) is 0 Å². The minimum atomic E-state index is 1.16. The summed E-state index contributed by atoms with van der Waals surface area (Å²) in [5, 5.41) is 8.22. The van der Waals surface area contributed by atoms with E-state index in [2.05, 4.69) is 73.7 Å². The number of aryl methyl sites for hydroxylation is 1. The Kier molecular flexibility index (Phi) is 3.11. The summed E-state index contributed by atoms with van der Waals surface area (Å²) < 4.78 is 2.78. The van der Waals surface area contributed by atoms with Crippen LogP contribution in [0, 0.1) is 0 Å². The molecule has 4 aromatic carbocycles. The summed E-state index contributed by atoms with van der Waals surface area (Å²) in [4.78, 5) is 0. The maximum Gasteiger partial charge on any atom is 0.0434 e. The molecule has 116 valence electrons. The van der Waals surface area contributed by atoms with Gasteiger partial charge in [-0.2, -0.15) is 0 Å². The molecule has 0 radical (unpaired) electrons. The molecule has 5 aromatic rings. The highest BCUT2D eigenvalue weighted by atomic mass is 32.1. The largest absolute Gasteiger partial charge is 0.135 e. The molecule has 0 N–H and O–H groups in total. The Morgan fingerprint density at radius 1 is 0.708 bits per heavy atom. The molecule has 0 fully saturated rings. The molecule has 24 heavy (non-hydrogen) atoms. The first-order chi connectivity index (χ1) is 11.8. The maximum atomic E-state index is 2.35. The monoisotopic (exact) mass is 326 g/mol. The highest BCUT2D eigenvalue weighted by molar-refractivity contribution is 7.26. The molecule has 1 aromatic heterocycles. The van der Waals surface area contributed by atoms with Crippen LogP contribution >= 0.6 is 11.3 Å². The molecule has 0 saturated carbocycles. The van der Waals surface area contributed by atoms with Gasteiger partial charge in [-0.05, 0) is 34.2 Å². The van der Waals surface area contributed by atoms with Crippen molar-refractivity contribution in [2.75, 3.05) is 0 Å². The molecular weight excluding hydrogens is 308 g/mol. The molecule has 0 atom stereocenters. The first-order valence-corrected chi connectivity index (χ1v) is 9.42. The molecule has 0 aliphatic heterocycles. The summed E-state index contributed by atoms with van der Waals surface area (Å²) in [6.07, 6.45) is 2.35. The van der Waals surface area contributed by atoms with Crippen LogP contribution < -0.4 is 0 Å². The van der Waals surface area contributed by atoms with Gasteiger partial charge in [0.15, 0.2) is 0 Å². The normalized spacial score (nSPS) is 11.9. The molecule has 0 spiro atoms. The Bertz CT molecular complexity index is 1210. The van der Waals surface area contributed by atoms with Crippen molar-refractivity contribution in [2.45, 2.75) is 19.8 Å². The zero-order valence-corrected chi connectivity index (χ0v) is 14.5. The Morgan fingerprint density at radius 2 is 1.46 bits per heavy atom. The zero-order chi connectivity index (χ0) is 16.1. The van der Waals surface area contributed by atoms with Gasteiger partial charge in [-0.1, -0.05) is 74.0 Å². The number of fused-ring (bicyclic) bond motifs is 7. The predicted molar refractivity (Wildman–Crippen MR) is 108 cm³/mol. The van der Waals surface area contributed by atoms with Crippen LogP contribution in [0.15, 0.2) is 66.7 Å². The van der Waals surface area contributed by atoms with Gasteiger partial charge in [-0.25, -0.2) is 0 Å². The van der Waals surface area contributed by atoms with E-state index < -0.39 is 0 Å². The van der Waals surface area contributed by atoms with Crippen molar-refractivity contribution in [3.8, 4) is 0 Å². The number of hydrogen-bond acceptors (Lipinski definition) is 1. The Hall–Kier alpha value is -2.38. The van der Waals surface area contributed by atoms with Crippen molar-refractivity contribution in [1.29, 1.82) is 0 Å². The lowest BCUT2D eigenvalue weighted by atomic mass is 9.97. The van der Waals surface area contributed by atoms with Crippen LogP contribution in [0.4, 0.5) is 0 Å². The first-order valence-electron chi connectivity index (χ1n) is 8.61. The minimum Gasteiger partial charge on any atom is -0.135 e. The van der Waals surface area contributed by atoms with Crippen molar-refractivity contribution < 1.29 is 0 Å². The maximum absolute atomic E-state index is 2.35. The summed E-state index contributed by atoms with van der Waals surface area (Å²) in [6, 6.07) is 24.9. The van der Waals surface area contributed by atoms with Crippen molar-refractivity contribution in [3.63, 3.8) is 0 Å². The van der Waals surface area contributed by atoms with Gasteiger partial charge >= 0.3 is 0 Å². The van der Waals surface area contributed by atoms with Gasteiger partial charge in [-0.15, -0.1) is 11.3 Å². The van der Waals surface area contributed by atoms with Crippen LogP contribution in [-0.2, 0) is 6.42 Å². The number of hydrogen-bond donors (Lipinski definition) is 0. The molecular formula is C23H18S. The van der Waals surface area contributed by atoms with Gasteiger partial charge in [-0.3, -0.25) is 0 Å². The van der Waals surface area contributed by atoms with Gasteiger partial charge in [0.05, 0.1) is 0 Å². The van der Waals surface area contributed by atoms with Gasteiger partial charge < -0.3 is 0 Å². The van der Waals surface area contributed by atoms with Crippen LogP contribution in [0.1, 0.15) is 18.9 Å². The molecule has 0 nitrogen and oxygen atoms in total. The third kappa shape index (κ3) is 1.98. The molecule has 0 bridgehead atoms. The topological polar surface area (TPSA) is 0 Å². The molecule has 0 saturated heterocycles. The second-order valence-corrected chi connectivity index (χ2v) is 7.56.